The van der Waals surface area contributed by atoms with Crippen molar-refractivity contribution in [2.45, 2.75) is 6.54 Å². The quantitative estimate of drug-likeness (QED) is 0.818. The number of rotatable bonds is 3. The summed E-state index contributed by atoms with van der Waals surface area (Å²) in [7, 11) is 0. The Hall–Kier alpha value is -2.30. The fourth-order valence-electron chi connectivity index (χ4n) is 1.69. The second kappa shape index (κ2) is 3.69. The molecular formula is C11H9NO4. The standard InChI is InChI=1S/C11H9NO4/c13-10(14)6-12-5-8(11(15)16)7-3-1-2-4-9(7)12/h1-5H,6H2,(H,13,14)(H,15,16). The molecule has 1 aromatic heterocycles. The van der Waals surface area contributed by atoms with E-state index in [2.05, 4.69) is 0 Å². The molecule has 16 heavy (non-hydrogen) atoms. The largest absolute Gasteiger partial charge is 0.480 e. The van der Waals surface area contributed by atoms with E-state index in [-0.39, 0.29) is 12.1 Å². The van der Waals surface area contributed by atoms with Gasteiger partial charge in [0.15, 0.2) is 0 Å². The molecule has 0 aliphatic carbocycles. The Balaban J connectivity index is 2.66. The third-order valence-corrected chi connectivity index (χ3v) is 2.32. The molecule has 5 nitrogen and oxygen atoms in total. The maximum absolute atomic E-state index is 11.0. The summed E-state index contributed by atoms with van der Waals surface area (Å²) in [5, 5.41) is 18.2. The molecule has 0 saturated heterocycles. The molecule has 2 rings (SSSR count). The number of para-hydroxylation sites is 1. The van der Waals surface area contributed by atoms with Crippen LogP contribution < -0.4 is 0 Å². The highest BCUT2D eigenvalue weighted by Crippen LogP contribution is 2.21. The van der Waals surface area contributed by atoms with Crippen LogP contribution in [0.3, 0.4) is 0 Å². The van der Waals surface area contributed by atoms with Crippen molar-refractivity contribution < 1.29 is 19.8 Å². The number of benzene rings is 1. The molecule has 5 heteroatoms. The van der Waals surface area contributed by atoms with E-state index in [1.165, 1.54) is 10.8 Å². The summed E-state index contributed by atoms with van der Waals surface area (Å²) in [6.45, 7) is -0.242. The highest BCUT2D eigenvalue weighted by atomic mass is 16.4. The summed E-state index contributed by atoms with van der Waals surface area (Å²) >= 11 is 0. The Morgan fingerprint density at radius 2 is 1.88 bits per heavy atom. The smallest absolute Gasteiger partial charge is 0.337 e. The van der Waals surface area contributed by atoms with Gasteiger partial charge < -0.3 is 14.8 Å². The Morgan fingerprint density at radius 1 is 1.19 bits per heavy atom. The highest BCUT2D eigenvalue weighted by Gasteiger charge is 2.14. The summed E-state index contributed by atoms with van der Waals surface area (Å²) in [6.07, 6.45) is 1.35. The Labute approximate surface area is 90.5 Å². The number of hydrogen-bond acceptors (Lipinski definition) is 2. The Morgan fingerprint density at radius 3 is 2.50 bits per heavy atom. The van der Waals surface area contributed by atoms with Crippen LogP contribution in [0.25, 0.3) is 10.9 Å². The zero-order valence-electron chi connectivity index (χ0n) is 8.25. The fraction of sp³-hybridized carbons (Fsp3) is 0.0909. The van der Waals surface area contributed by atoms with E-state index < -0.39 is 11.9 Å². The SMILES string of the molecule is O=C(O)Cn1cc(C(=O)O)c2ccccc21. The molecule has 2 aromatic rings. The molecule has 0 bridgehead atoms. The molecule has 0 fully saturated rings. The second-order valence-electron chi connectivity index (χ2n) is 3.39. The monoisotopic (exact) mass is 219 g/mol. The summed E-state index contributed by atoms with van der Waals surface area (Å²) in [4.78, 5) is 21.6. The molecular weight excluding hydrogens is 210 g/mol. The first-order valence-electron chi connectivity index (χ1n) is 4.62. The average Bonchev–Trinajstić information content (AvgIpc) is 2.57. The van der Waals surface area contributed by atoms with Crippen molar-refractivity contribution in [3.63, 3.8) is 0 Å². The van der Waals surface area contributed by atoms with Gasteiger partial charge in [-0.1, -0.05) is 18.2 Å². The van der Waals surface area contributed by atoms with Crippen molar-refractivity contribution in [2.75, 3.05) is 0 Å². The predicted octanol–water partition coefficient (Wildman–Crippen LogP) is 1.42. The molecule has 0 radical (unpaired) electrons. The molecule has 1 aromatic carbocycles. The summed E-state index contributed by atoms with van der Waals surface area (Å²) in [6, 6.07) is 6.83. The van der Waals surface area contributed by atoms with Gasteiger partial charge in [0.25, 0.3) is 0 Å². The zero-order valence-corrected chi connectivity index (χ0v) is 8.25. The van der Waals surface area contributed by atoms with Gasteiger partial charge in [-0.25, -0.2) is 4.79 Å². The van der Waals surface area contributed by atoms with Crippen molar-refractivity contribution in [1.29, 1.82) is 0 Å². The molecule has 1 heterocycles. The highest BCUT2D eigenvalue weighted by molar-refractivity contribution is 6.03. The van der Waals surface area contributed by atoms with E-state index in [0.29, 0.717) is 10.9 Å². The van der Waals surface area contributed by atoms with Gasteiger partial charge in [-0.2, -0.15) is 0 Å². The number of carboxylic acid groups (broad SMARTS) is 2. The third kappa shape index (κ3) is 1.63. The Bertz CT molecular complexity index is 570. The lowest BCUT2D eigenvalue weighted by atomic mass is 10.2. The number of hydrogen-bond donors (Lipinski definition) is 2. The minimum Gasteiger partial charge on any atom is -0.480 e. The lowest BCUT2D eigenvalue weighted by Gasteiger charge is -1.99. The van der Waals surface area contributed by atoms with E-state index in [9.17, 15) is 9.59 Å². The third-order valence-electron chi connectivity index (χ3n) is 2.32. The molecule has 0 aliphatic rings. The van der Waals surface area contributed by atoms with Crippen molar-refractivity contribution in [1.82, 2.24) is 4.57 Å². The van der Waals surface area contributed by atoms with Crippen LogP contribution >= 0.6 is 0 Å². The molecule has 0 aliphatic heterocycles. The molecule has 0 amide bonds. The van der Waals surface area contributed by atoms with Crippen LogP contribution in [0, 0.1) is 0 Å². The first-order valence-corrected chi connectivity index (χ1v) is 4.62. The minimum atomic E-state index is -1.06. The minimum absolute atomic E-state index is 0.122. The van der Waals surface area contributed by atoms with Gasteiger partial charge in [-0.3, -0.25) is 4.79 Å². The number of aromatic carboxylic acids is 1. The number of fused-ring (bicyclic) bond motifs is 1. The van der Waals surface area contributed by atoms with Crippen LogP contribution in [-0.4, -0.2) is 26.7 Å². The van der Waals surface area contributed by atoms with Crippen molar-refractivity contribution in [3.05, 3.63) is 36.0 Å². The van der Waals surface area contributed by atoms with Crippen molar-refractivity contribution in [3.8, 4) is 0 Å². The number of aliphatic carboxylic acids is 1. The molecule has 82 valence electrons. The van der Waals surface area contributed by atoms with Crippen molar-refractivity contribution in [2.24, 2.45) is 0 Å². The van der Waals surface area contributed by atoms with Gasteiger partial charge >= 0.3 is 11.9 Å². The van der Waals surface area contributed by atoms with Gasteiger partial charge in [-0.05, 0) is 6.07 Å². The van der Waals surface area contributed by atoms with Crippen LogP contribution in [0.15, 0.2) is 30.5 Å². The fourth-order valence-corrected chi connectivity index (χ4v) is 1.69. The predicted molar refractivity (Wildman–Crippen MR) is 56.5 cm³/mol. The topological polar surface area (TPSA) is 79.5 Å². The van der Waals surface area contributed by atoms with E-state index >= 15 is 0 Å². The summed E-state index contributed by atoms with van der Waals surface area (Å²) in [5.41, 5.74) is 0.735. The molecule has 0 unspecified atom stereocenters. The lowest BCUT2D eigenvalue weighted by molar-refractivity contribution is -0.137. The van der Waals surface area contributed by atoms with Crippen LogP contribution in [-0.2, 0) is 11.3 Å². The van der Waals surface area contributed by atoms with Crippen molar-refractivity contribution >= 4 is 22.8 Å². The van der Waals surface area contributed by atoms with Gasteiger partial charge in [0.05, 0.1) is 5.56 Å². The zero-order chi connectivity index (χ0) is 11.7. The van der Waals surface area contributed by atoms with E-state index in [1.54, 1.807) is 24.3 Å². The van der Waals surface area contributed by atoms with Crippen LogP contribution in [0.1, 0.15) is 10.4 Å². The summed E-state index contributed by atoms with van der Waals surface area (Å²) < 4.78 is 1.42. The normalized spacial score (nSPS) is 10.5. The molecule has 0 atom stereocenters. The number of carbonyl (C=O) groups is 2. The van der Waals surface area contributed by atoms with Gasteiger partial charge in [0.2, 0.25) is 0 Å². The van der Waals surface area contributed by atoms with E-state index in [4.69, 9.17) is 10.2 Å². The van der Waals surface area contributed by atoms with E-state index in [1.807, 2.05) is 0 Å². The van der Waals surface area contributed by atoms with Gasteiger partial charge in [0.1, 0.15) is 6.54 Å². The first kappa shape index (κ1) is 10.2. The second-order valence-corrected chi connectivity index (χ2v) is 3.39. The Kier molecular flexibility index (Phi) is 2.36. The average molecular weight is 219 g/mol. The maximum atomic E-state index is 11.0. The molecule has 0 spiro atoms. The molecule has 0 saturated carbocycles. The van der Waals surface area contributed by atoms with Crippen LogP contribution in [0.2, 0.25) is 0 Å². The molecule has 2 N–H and O–H groups in total. The van der Waals surface area contributed by atoms with Crippen LogP contribution in [0.5, 0.6) is 0 Å². The maximum Gasteiger partial charge on any atom is 0.337 e. The van der Waals surface area contributed by atoms with Crippen LogP contribution in [0.4, 0.5) is 0 Å². The number of nitrogens with zero attached hydrogens (tertiary/aromatic N) is 1. The van der Waals surface area contributed by atoms with Gasteiger partial charge in [0, 0.05) is 17.1 Å². The summed E-state index contributed by atoms with van der Waals surface area (Å²) in [5.74, 6) is -2.06. The number of aromatic nitrogens is 1. The first-order chi connectivity index (χ1) is 7.59. The van der Waals surface area contributed by atoms with Gasteiger partial charge in [-0.15, -0.1) is 0 Å². The number of carboxylic acids is 2. The van der Waals surface area contributed by atoms with E-state index in [0.717, 1.165) is 0 Å². The lowest BCUT2D eigenvalue weighted by Crippen LogP contribution is -2.07.